The van der Waals surface area contributed by atoms with E-state index in [0.717, 1.165) is 12.8 Å². The average molecular weight is 484 g/mol. The van der Waals surface area contributed by atoms with Gasteiger partial charge in [-0.1, -0.05) is 24.8 Å². The van der Waals surface area contributed by atoms with Crippen LogP contribution >= 0.6 is 0 Å². The zero-order valence-electron chi connectivity index (χ0n) is 19.3. The second-order valence-electron chi connectivity index (χ2n) is 8.43. The molecule has 0 radical (unpaired) electrons. The van der Waals surface area contributed by atoms with Crippen LogP contribution in [0.4, 0.5) is 10.2 Å². The molecule has 10 heteroatoms. The van der Waals surface area contributed by atoms with Crippen LogP contribution in [0.3, 0.4) is 0 Å². The number of halogens is 1. The molecule has 4 aromatic rings. The summed E-state index contributed by atoms with van der Waals surface area (Å²) in [5.41, 5.74) is 7.00. The lowest BCUT2D eigenvalue weighted by Crippen LogP contribution is -2.38. The molecule has 2 aromatic heterocycles. The molecule has 0 unspecified atom stereocenters. The molecule has 1 saturated heterocycles. The molecule has 1 aliphatic heterocycles. The van der Waals surface area contributed by atoms with Crippen LogP contribution in [0.25, 0.3) is 22.3 Å². The van der Waals surface area contributed by atoms with E-state index in [1.54, 1.807) is 33.8 Å². The van der Waals surface area contributed by atoms with Crippen molar-refractivity contribution in [2.24, 2.45) is 0 Å². The highest BCUT2D eigenvalue weighted by atomic mass is 19.1. The Morgan fingerprint density at radius 3 is 2.78 bits per heavy atom. The number of fused-ring (bicyclic) bond motifs is 1. The highest BCUT2D eigenvalue weighted by Gasteiger charge is 2.31. The predicted octanol–water partition coefficient (Wildman–Crippen LogP) is 4.08. The first-order valence-electron chi connectivity index (χ1n) is 11.4. The number of rotatable bonds is 6. The molecule has 0 aliphatic carbocycles. The van der Waals surface area contributed by atoms with E-state index in [9.17, 15) is 4.79 Å². The second-order valence-corrected chi connectivity index (χ2v) is 8.43. The first-order chi connectivity index (χ1) is 17.5. The lowest BCUT2D eigenvalue weighted by molar-refractivity contribution is -0.127. The van der Waals surface area contributed by atoms with Crippen molar-refractivity contribution in [1.82, 2.24) is 24.6 Å². The zero-order valence-corrected chi connectivity index (χ0v) is 19.3. The van der Waals surface area contributed by atoms with Crippen LogP contribution in [0.1, 0.15) is 12.8 Å². The Kier molecular flexibility index (Phi) is 6.04. The van der Waals surface area contributed by atoms with Crippen molar-refractivity contribution in [2.75, 3.05) is 12.3 Å². The number of aromatic nitrogens is 4. The first-order valence-corrected chi connectivity index (χ1v) is 11.4. The Morgan fingerprint density at radius 2 is 2.03 bits per heavy atom. The lowest BCUT2D eigenvalue weighted by atomic mass is 10.1. The van der Waals surface area contributed by atoms with Crippen LogP contribution in [-0.4, -0.2) is 43.1 Å². The van der Waals surface area contributed by atoms with E-state index < -0.39 is 11.7 Å². The first kappa shape index (κ1) is 23.0. The SMILES string of the molecule is C=C(C#N)C(=O)N1CCC[C@H]1Cn1nc(-c2ccc(Oc3ccccc3)cc2F)c2c(N)ncnc21. The van der Waals surface area contributed by atoms with Crippen molar-refractivity contribution in [1.29, 1.82) is 5.26 Å². The molecule has 0 saturated carbocycles. The summed E-state index contributed by atoms with van der Waals surface area (Å²) in [5, 5.41) is 14.1. The number of likely N-dealkylation sites (tertiary alicyclic amines) is 1. The molecule has 5 rings (SSSR count). The Balaban J connectivity index is 1.50. The molecule has 0 bridgehead atoms. The number of anilines is 1. The molecule has 1 atom stereocenters. The number of amides is 1. The lowest BCUT2D eigenvalue weighted by Gasteiger charge is -2.24. The number of nitrogens with two attached hydrogens (primary N) is 1. The summed E-state index contributed by atoms with van der Waals surface area (Å²) in [6, 6.07) is 15.2. The Bertz CT molecular complexity index is 1510. The molecule has 1 aliphatic rings. The summed E-state index contributed by atoms with van der Waals surface area (Å²) in [6.07, 6.45) is 2.83. The molecule has 9 nitrogen and oxygen atoms in total. The fraction of sp³-hybridized carbons (Fsp3) is 0.192. The third-order valence-corrected chi connectivity index (χ3v) is 6.15. The van der Waals surface area contributed by atoms with E-state index in [-0.39, 0.29) is 23.0 Å². The maximum Gasteiger partial charge on any atom is 0.264 e. The number of nitrogens with zero attached hydrogens (tertiary/aromatic N) is 6. The zero-order chi connectivity index (χ0) is 25.2. The summed E-state index contributed by atoms with van der Waals surface area (Å²) in [4.78, 5) is 22.6. The highest BCUT2D eigenvalue weighted by Crippen LogP contribution is 2.34. The van der Waals surface area contributed by atoms with Crippen molar-refractivity contribution in [3.05, 3.63) is 72.8 Å². The summed E-state index contributed by atoms with van der Waals surface area (Å²) < 4.78 is 22.7. The quantitative estimate of drug-likeness (QED) is 0.324. The van der Waals surface area contributed by atoms with Crippen molar-refractivity contribution >= 4 is 22.8 Å². The van der Waals surface area contributed by atoms with E-state index in [0.29, 0.717) is 41.3 Å². The fourth-order valence-electron chi connectivity index (χ4n) is 4.44. The van der Waals surface area contributed by atoms with Gasteiger partial charge >= 0.3 is 0 Å². The van der Waals surface area contributed by atoms with Gasteiger partial charge in [0.2, 0.25) is 0 Å². The van der Waals surface area contributed by atoms with E-state index in [1.165, 1.54) is 12.4 Å². The van der Waals surface area contributed by atoms with Crippen LogP contribution in [0, 0.1) is 17.1 Å². The van der Waals surface area contributed by atoms with Crippen molar-refractivity contribution in [3.63, 3.8) is 0 Å². The predicted molar refractivity (Wildman–Crippen MR) is 131 cm³/mol. The van der Waals surface area contributed by atoms with E-state index in [1.807, 2.05) is 24.3 Å². The van der Waals surface area contributed by atoms with Gasteiger partial charge < -0.3 is 15.4 Å². The molecule has 0 spiro atoms. The molecule has 1 fully saturated rings. The number of ether oxygens (including phenoxy) is 1. The van der Waals surface area contributed by atoms with Crippen LogP contribution < -0.4 is 10.5 Å². The Hall–Kier alpha value is -4.78. The van der Waals surface area contributed by atoms with Gasteiger partial charge in [0, 0.05) is 18.2 Å². The van der Waals surface area contributed by atoms with Gasteiger partial charge in [0.05, 0.1) is 18.0 Å². The normalized spacial score (nSPS) is 15.1. The third kappa shape index (κ3) is 4.22. The number of carbonyl (C=O) groups excluding carboxylic acids is 1. The van der Waals surface area contributed by atoms with Gasteiger partial charge in [-0.3, -0.25) is 4.79 Å². The molecule has 2 aromatic carbocycles. The molecule has 1 amide bonds. The van der Waals surface area contributed by atoms with Crippen LogP contribution in [0.15, 0.2) is 67.0 Å². The standard InChI is InChI=1S/C26H22FN7O2/c1-16(13-28)26(35)33-11-5-6-17(33)14-34-25-22(24(29)30-15-31-25)23(32-34)20-10-9-19(12-21(20)27)36-18-7-3-2-4-8-18/h2-4,7-10,12,15,17H,1,5-6,11,14H2,(H2,29,30,31)/t17-/m0/s1. The number of para-hydroxylation sites is 1. The molecule has 36 heavy (non-hydrogen) atoms. The van der Waals surface area contributed by atoms with Gasteiger partial charge in [0.25, 0.3) is 5.91 Å². The summed E-state index contributed by atoms with van der Waals surface area (Å²) >= 11 is 0. The van der Waals surface area contributed by atoms with Gasteiger partial charge in [0.15, 0.2) is 5.65 Å². The minimum atomic E-state index is -0.541. The second kappa shape index (κ2) is 9.46. The van der Waals surface area contributed by atoms with Gasteiger partial charge in [0.1, 0.15) is 46.8 Å². The van der Waals surface area contributed by atoms with Gasteiger partial charge in [-0.05, 0) is 37.1 Å². The smallest absolute Gasteiger partial charge is 0.264 e. The number of benzene rings is 2. The number of hydrogen-bond donors (Lipinski definition) is 1. The van der Waals surface area contributed by atoms with Crippen molar-refractivity contribution in [3.8, 4) is 28.8 Å². The summed E-state index contributed by atoms with van der Waals surface area (Å²) in [6.45, 7) is 4.36. The van der Waals surface area contributed by atoms with E-state index >= 15 is 4.39 Å². The number of hydrogen-bond acceptors (Lipinski definition) is 7. The van der Waals surface area contributed by atoms with Crippen LogP contribution in [-0.2, 0) is 11.3 Å². The largest absolute Gasteiger partial charge is 0.457 e. The number of carbonyl (C=O) groups is 1. The van der Waals surface area contributed by atoms with Crippen LogP contribution in [0.2, 0.25) is 0 Å². The molecule has 2 N–H and O–H groups in total. The molecular weight excluding hydrogens is 461 g/mol. The van der Waals surface area contributed by atoms with Gasteiger partial charge in [-0.25, -0.2) is 19.0 Å². The molecule has 180 valence electrons. The third-order valence-electron chi connectivity index (χ3n) is 6.15. The summed E-state index contributed by atoms with van der Waals surface area (Å²) in [5.74, 6) is 0.162. The average Bonchev–Trinajstić information content (AvgIpc) is 3.50. The van der Waals surface area contributed by atoms with Crippen LogP contribution in [0.5, 0.6) is 11.5 Å². The minimum Gasteiger partial charge on any atom is -0.457 e. The fourth-order valence-corrected chi connectivity index (χ4v) is 4.44. The number of nitriles is 1. The highest BCUT2D eigenvalue weighted by molar-refractivity contribution is 5.98. The van der Waals surface area contributed by atoms with Crippen molar-refractivity contribution in [2.45, 2.75) is 25.4 Å². The van der Waals surface area contributed by atoms with Gasteiger partial charge in [-0.15, -0.1) is 0 Å². The maximum absolute atomic E-state index is 15.3. The Labute approximate surface area is 206 Å². The Morgan fingerprint density at radius 1 is 1.22 bits per heavy atom. The van der Waals surface area contributed by atoms with Gasteiger partial charge in [-0.2, -0.15) is 10.4 Å². The summed E-state index contributed by atoms with van der Waals surface area (Å²) in [7, 11) is 0. The topological polar surface area (TPSA) is 123 Å². The molecular formula is C26H22FN7O2. The van der Waals surface area contributed by atoms with E-state index in [4.69, 9.17) is 15.7 Å². The van der Waals surface area contributed by atoms with E-state index in [2.05, 4.69) is 21.6 Å². The number of nitrogen functional groups attached to an aromatic ring is 1. The maximum atomic E-state index is 15.3. The van der Waals surface area contributed by atoms with Crippen molar-refractivity contribution < 1.29 is 13.9 Å². The monoisotopic (exact) mass is 483 g/mol. The minimum absolute atomic E-state index is 0.112. The molecule has 3 heterocycles.